The molecule has 8 nitrogen and oxygen atoms in total. The lowest BCUT2D eigenvalue weighted by Gasteiger charge is -2.26. The van der Waals surface area contributed by atoms with Crippen molar-refractivity contribution in [3.05, 3.63) is 35.5 Å². The van der Waals surface area contributed by atoms with E-state index in [2.05, 4.69) is 30.6 Å². The molecule has 2 aromatic heterocycles. The van der Waals surface area contributed by atoms with Crippen LogP contribution in [0.3, 0.4) is 0 Å². The summed E-state index contributed by atoms with van der Waals surface area (Å²) in [6, 6.07) is 2.04. The van der Waals surface area contributed by atoms with Crippen molar-refractivity contribution in [1.29, 1.82) is 5.26 Å². The third kappa shape index (κ3) is 4.83. The lowest BCUT2D eigenvalue weighted by molar-refractivity contribution is -0.141. The Morgan fingerprint density at radius 2 is 1.93 bits per heavy atom. The molecular weight excluding hydrogens is 375 g/mol. The number of aromatic nitrogens is 4. The molecule has 0 amide bonds. The first-order valence-corrected chi connectivity index (χ1v) is 8.68. The van der Waals surface area contributed by atoms with Crippen molar-refractivity contribution in [3.8, 4) is 6.07 Å². The van der Waals surface area contributed by atoms with E-state index in [1.54, 1.807) is 0 Å². The van der Waals surface area contributed by atoms with Crippen LogP contribution in [-0.2, 0) is 12.7 Å². The number of nitrogens with one attached hydrogen (secondary N) is 2. The summed E-state index contributed by atoms with van der Waals surface area (Å²) in [4.78, 5) is 15.1. The molecule has 0 atom stereocenters. The van der Waals surface area contributed by atoms with E-state index in [1.807, 2.05) is 6.07 Å². The van der Waals surface area contributed by atoms with Crippen LogP contribution in [-0.4, -0.2) is 37.2 Å². The normalized spacial score (nSPS) is 19.7. The molecule has 1 aliphatic rings. The van der Waals surface area contributed by atoms with Gasteiger partial charge in [0.2, 0.25) is 5.95 Å². The molecule has 0 radical (unpaired) electrons. The molecule has 3 N–H and O–H groups in total. The molecule has 148 valence electrons. The highest BCUT2D eigenvalue weighted by molar-refractivity contribution is 5.54. The fraction of sp³-hybridized carbons (Fsp3) is 0.471. The average Bonchev–Trinajstić information content (AvgIpc) is 2.68. The zero-order chi connectivity index (χ0) is 20.1. The summed E-state index contributed by atoms with van der Waals surface area (Å²) in [5.74, 6) is 0.385. The van der Waals surface area contributed by atoms with Gasteiger partial charge < -0.3 is 15.7 Å². The number of halogens is 3. The first kappa shape index (κ1) is 19.8. The highest BCUT2D eigenvalue weighted by Gasteiger charge is 2.35. The number of rotatable bonds is 5. The maximum Gasteiger partial charge on any atom is 0.433 e. The molecule has 0 saturated heterocycles. The fourth-order valence-electron chi connectivity index (χ4n) is 2.99. The van der Waals surface area contributed by atoms with E-state index in [9.17, 15) is 23.5 Å². The number of aliphatic hydroxyl groups excluding tert-OH is 1. The molecule has 0 unspecified atom stereocenters. The molecule has 3 rings (SSSR count). The van der Waals surface area contributed by atoms with Crippen LogP contribution in [0, 0.1) is 11.3 Å². The fourth-order valence-corrected chi connectivity index (χ4v) is 2.99. The highest BCUT2D eigenvalue weighted by Crippen LogP contribution is 2.30. The lowest BCUT2D eigenvalue weighted by Crippen LogP contribution is -2.29. The molecule has 1 aliphatic carbocycles. The largest absolute Gasteiger partial charge is 0.433 e. The summed E-state index contributed by atoms with van der Waals surface area (Å²) < 4.78 is 39.0. The summed E-state index contributed by atoms with van der Waals surface area (Å²) in [6.07, 6.45) is 1.10. The van der Waals surface area contributed by atoms with Crippen molar-refractivity contribution in [2.45, 2.75) is 50.6 Å². The highest BCUT2D eigenvalue weighted by atomic mass is 19.4. The Morgan fingerprint density at radius 3 is 2.61 bits per heavy atom. The van der Waals surface area contributed by atoms with Crippen molar-refractivity contribution in [1.82, 2.24) is 19.9 Å². The Kier molecular flexibility index (Phi) is 5.89. The molecule has 2 aromatic rings. The first-order chi connectivity index (χ1) is 13.4. The van der Waals surface area contributed by atoms with Gasteiger partial charge in [0.1, 0.15) is 23.8 Å². The van der Waals surface area contributed by atoms with Gasteiger partial charge in [-0.1, -0.05) is 0 Å². The molecule has 0 aromatic carbocycles. The summed E-state index contributed by atoms with van der Waals surface area (Å²) >= 11 is 0. The smallest absolute Gasteiger partial charge is 0.393 e. The Balaban J connectivity index is 1.73. The maximum absolute atomic E-state index is 13.0. The molecule has 1 fully saturated rings. The van der Waals surface area contributed by atoms with E-state index in [0.29, 0.717) is 18.7 Å². The SMILES string of the molecule is N#Cc1cnc(NCc2cncnc2C(F)(F)F)nc1N[C@H]1CC[C@@H](O)CC1. The number of aliphatic hydroxyl groups is 1. The minimum atomic E-state index is -4.59. The van der Waals surface area contributed by atoms with Gasteiger partial charge >= 0.3 is 6.18 Å². The maximum atomic E-state index is 13.0. The topological polar surface area (TPSA) is 120 Å². The molecule has 0 bridgehead atoms. The predicted octanol–water partition coefficient (Wildman–Crippen LogP) is 2.48. The Morgan fingerprint density at radius 1 is 1.18 bits per heavy atom. The van der Waals surface area contributed by atoms with E-state index in [0.717, 1.165) is 25.4 Å². The van der Waals surface area contributed by atoms with Crippen LogP contribution in [0.15, 0.2) is 18.7 Å². The summed E-state index contributed by atoms with van der Waals surface area (Å²) in [7, 11) is 0. The summed E-state index contributed by atoms with van der Waals surface area (Å²) in [5, 5.41) is 24.7. The third-order valence-corrected chi connectivity index (χ3v) is 4.44. The second kappa shape index (κ2) is 8.35. The van der Waals surface area contributed by atoms with Gasteiger partial charge in [0.05, 0.1) is 12.3 Å². The van der Waals surface area contributed by atoms with Gasteiger partial charge in [-0.25, -0.2) is 15.0 Å². The zero-order valence-electron chi connectivity index (χ0n) is 14.7. The van der Waals surface area contributed by atoms with Crippen LogP contribution in [0.2, 0.25) is 0 Å². The monoisotopic (exact) mass is 393 g/mol. The van der Waals surface area contributed by atoms with Crippen molar-refractivity contribution in [2.24, 2.45) is 0 Å². The Bertz CT molecular complexity index is 861. The molecule has 0 spiro atoms. The van der Waals surface area contributed by atoms with Gasteiger partial charge in [-0.05, 0) is 25.7 Å². The molecular formula is C17H18F3N7O. The molecule has 28 heavy (non-hydrogen) atoms. The number of nitrogens with zero attached hydrogens (tertiary/aromatic N) is 5. The van der Waals surface area contributed by atoms with Crippen molar-refractivity contribution in [2.75, 3.05) is 10.6 Å². The summed E-state index contributed by atoms with van der Waals surface area (Å²) in [6.45, 7) is -0.226. The van der Waals surface area contributed by atoms with Gasteiger partial charge in [-0.15, -0.1) is 0 Å². The zero-order valence-corrected chi connectivity index (χ0v) is 14.7. The first-order valence-electron chi connectivity index (χ1n) is 8.68. The Hall–Kier alpha value is -3.00. The average molecular weight is 393 g/mol. The molecule has 1 saturated carbocycles. The van der Waals surface area contributed by atoms with Crippen LogP contribution >= 0.6 is 0 Å². The van der Waals surface area contributed by atoms with Gasteiger partial charge in [-0.2, -0.15) is 23.4 Å². The number of hydrogen-bond acceptors (Lipinski definition) is 8. The number of nitriles is 1. The molecule has 11 heteroatoms. The minimum Gasteiger partial charge on any atom is -0.393 e. The lowest BCUT2D eigenvalue weighted by atomic mass is 9.93. The van der Waals surface area contributed by atoms with Crippen molar-refractivity contribution >= 4 is 11.8 Å². The second-order valence-electron chi connectivity index (χ2n) is 6.47. The standard InChI is InChI=1S/C17H18F3N7O/c18-17(19,20)14-11(6-22-9-25-14)8-24-16-23-7-10(5-21)15(27-16)26-12-1-3-13(28)4-2-12/h6-7,9,12-13,28H,1-4,8H2,(H2,23,24,26,27)/t12-,13+. The van der Waals surface area contributed by atoms with E-state index >= 15 is 0 Å². The number of alkyl halides is 3. The molecule has 2 heterocycles. The van der Waals surface area contributed by atoms with E-state index in [4.69, 9.17) is 0 Å². The van der Waals surface area contributed by atoms with Gasteiger partial charge in [0.25, 0.3) is 0 Å². The van der Waals surface area contributed by atoms with Gasteiger partial charge in [-0.3, -0.25) is 0 Å². The van der Waals surface area contributed by atoms with Crippen LogP contribution in [0.4, 0.5) is 24.9 Å². The van der Waals surface area contributed by atoms with Crippen LogP contribution in [0.1, 0.15) is 42.5 Å². The van der Waals surface area contributed by atoms with Crippen molar-refractivity contribution < 1.29 is 18.3 Å². The van der Waals surface area contributed by atoms with Crippen molar-refractivity contribution in [3.63, 3.8) is 0 Å². The third-order valence-electron chi connectivity index (χ3n) is 4.44. The van der Waals surface area contributed by atoms with Crippen LogP contribution in [0.25, 0.3) is 0 Å². The second-order valence-corrected chi connectivity index (χ2v) is 6.47. The minimum absolute atomic E-state index is 0.0533. The van der Waals surface area contributed by atoms with E-state index in [-0.39, 0.29) is 35.8 Å². The summed E-state index contributed by atoms with van der Waals surface area (Å²) in [5.41, 5.74) is -0.933. The predicted molar refractivity (Wildman–Crippen MR) is 93.0 cm³/mol. The van der Waals surface area contributed by atoms with E-state index < -0.39 is 11.9 Å². The van der Waals surface area contributed by atoms with Crippen LogP contribution < -0.4 is 10.6 Å². The van der Waals surface area contributed by atoms with E-state index in [1.165, 1.54) is 6.20 Å². The Labute approximate surface area is 158 Å². The number of anilines is 2. The van der Waals surface area contributed by atoms with Gasteiger partial charge in [0.15, 0.2) is 5.69 Å². The number of hydrogen-bond donors (Lipinski definition) is 3. The van der Waals surface area contributed by atoms with Gasteiger partial charge in [0, 0.05) is 24.3 Å². The van der Waals surface area contributed by atoms with Crippen LogP contribution in [0.5, 0.6) is 0 Å². The molecule has 0 aliphatic heterocycles. The quantitative estimate of drug-likeness (QED) is 0.709.